The number of rotatable bonds is 1. The Bertz CT molecular complexity index is 449. The van der Waals surface area contributed by atoms with Crippen molar-refractivity contribution in [1.29, 1.82) is 0 Å². The average Bonchev–Trinajstić information content (AvgIpc) is 2.50. The first kappa shape index (κ1) is 9.02. The van der Waals surface area contributed by atoms with Crippen molar-refractivity contribution in [3.05, 3.63) is 35.2 Å². The van der Waals surface area contributed by atoms with E-state index >= 15 is 0 Å². The van der Waals surface area contributed by atoms with Crippen LogP contribution in [0.2, 0.25) is 5.02 Å². The van der Waals surface area contributed by atoms with Crippen LogP contribution in [0.4, 0.5) is 10.4 Å². The summed E-state index contributed by atoms with van der Waals surface area (Å²) in [6, 6.07) is 4.13. The van der Waals surface area contributed by atoms with E-state index in [9.17, 15) is 4.39 Å². The van der Waals surface area contributed by atoms with Crippen molar-refractivity contribution < 1.29 is 8.81 Å². The third-order valence-corrected chi connectivity index (χ3v) is 1.89. The van der Waals surface area contributed by atoms with Crippen LogP contribution in [0.3, 0.4) is 0 Å². The standard InChI is InChI=1S/C9H6ClFN2O/c10-6-1-5(2-7(11)3-6)8-4-13-9(12)14-8/h1-4H,(H2,12,13). The van der Waals surface area contributed by atoms with Gasteiger partial charge in [0.15, 0.2) is 5.76 Å². The molecule has 0 fully saturated rings. The van der Waals surface area contributed by atoms with Crippen molar-refractivity contribution in [3.8, 4) is 11.3 Å². The maximum atomic E-state index is 12.9. The van der Waals surface area contributed by atoms with Crippen molar-refractivity contribution in [2.24, 2.45) is 0 Å². The molecule has 0 saturated carbocycles. The predicted molar refractivity (Wildman–Crippen MR) is 51.3 cm³/mol. The summed E-state index contributed by atoms with van der Waals surface area (Å²) >= 11 is 5.67. The number of nitrogen functional groups attached to an aromatic ring is 1. The molecule has 5 heteroatoms. The molecule has 0 amide bonds. The third-order valence-electron chi connectivity index (χ3n) is 1.67. The van der Waals surface area contributed by atoms with Gasteiger partial charge in [0.25, 0.3) is 6.01 Å². The number of benzene rings is 1. The van der Waals surface area contributed by atoms with Gasteiger partial charge in [-0.3, -0.25) is 0 Å². The highest BCUT2D eigenvalue weighted by Crippen LogP contribution is 2.25. The molecule has 0 radical (unpaired) electrons. The molecule has 0 atom stereocenters. The summed E-state index contributed by atoms with van der Waals surface area (Å²) in [4.78, 5) is 3.70. The molecular weight excluding hydrogens is 207 g/mol. The van der Waals surface area contributed by atoms with Crippen LogP contribution in [-0.4, -0.2) is 4.98 Å². The highest BCUT2D eigenvalue weighted by Gasteiger charge is 2.06. The Morgan fingerprint density at radius 1 is 1.36 bits per heavy atom. The molecule has 3 nitrogen and oxygen atoms in total. The Morgan fingerprint density at radius 3 is 2.71 bits per heavy atom. The molecular formula is C9H6ClFN2O. The van der Waals surface area contributed by atoms with Crippen LogP contribution in [0.1, 0.15) is 0 Å². The lowest BCUT2D eigenvalue weighted by Crippen LogP contribution is -1.80. The van der Waals surface area contributed by atoms with Crippen molar-refractivity contribution in [2.45, 2.75) is 0 Å². The smallest absolute Gasteiger partial charge is 0.292 e. The zero-order chi connectivity index (χ0) is 10.1. The minimum Gasteiger partial charge on any atom is -0.424 e. The maximum absolute atomic E-state index is 12.9. The molecule has 1 heterocycles. The van der Waals surface area contributed by atoms with Crippen molar-refractivity contribution >= 4 is 17.6 Å². The molecule has 2 N–H and O–H groups in total. The number of anilines is 1. The first-order valence-corrected chi connectivity index (χ1v) is 4.21. The number of nitrogens with two attached hydrogens (primary N) is 1. The fraction of sp³-hybridized carbons (Fsp3) is 0. The van der Waals surface area contributed by atoms with E-state index in [-0.39, 0.29) is 6.01 Å². The Balaban J connectivity index is 2.51. The quantitative estimate of drug-likeness (QED) is 0.791. The van der Waals surface area contributed by atoms with Gasteiger partial charge >= 0.3 is 0 Å². The van der Waals surface area contributed by atoms with Crippen LogP contribution in [0.25, 0.3) is 11.3 Å². The van der Waals surface area contributed by atoms with Crippen LogP contribution in [-0.2, 0) is 0 Å². The van der Waals surface area contributed by atoms with Gasteiger partial charge in [0.1, 0.15) is 5.82 Å². The topological polar surface area (TPSA) is 52.0 Å². The minimum atomic E-state index is -0.428. The van der Waals surface area contributed by atoms with Gasteiger partial charge in [-0.15, -0.1) is 0 Å². The van der Waals surface area contributed by atoms with E-state index in [1.165, 1.54) is 18.3 Å². The monoisotopic (exact) mass is 212 g/mol. The van der Waals surface area contributed by atoms with Gasteiger partial charge in [-0.1, -0.05) is 11.6 Å². The van der Waals surface area contributed by atoms with E-state index in [0.717, 1.165) is 0 Å². The summed E-state index contributed by atoms with van der Waals surface area (Å²) in [5.41, 5.74) is 5.80. The second-order valence-electron chi connectivity index (χ2n) is 2.72. The molecule has 72 valence electrons. The molecule has 0 unspecified atom stereocenters. The van der Waals surface area contributed by atoms with Gasteiger partial charge in [0, 0.05) is 10.6 Å². The molecule has 1 aromatic heterocycles. The summed E-state index contributed by atoms with van der Waals surface area (Å²) in [6.07, 6.45) is 1.42. The molecule has 0 spiro atoms. The largest absolute Gasteiger partial charge is 0.424 e. The van der Waals surface area contributed by atoms with Crippen LogP contribution >= 0.6 is 11.6 Å². The normalized spacial score (nSPS) is 10.4. The van der Waals surface area contributed by atoms with E-state index in [1.807, 2.05) is 0 Å². The number of hydrogen-bond donors (Lipinski definition) is 1. The van der Waals surface area contributed by atoms with E-state index < -0.39 is 5.82 Å². The van der Waals surface area contributed by atoms with Crippen LogP contribution in [0.15, 0.2) is 28.8 Å². The minimum absolute atomic E-state index is 0.0420. The number of hydrogen-bond acceptors (Lipinski definition) is 3. The number of halogens is 2. The van der Waals surface area contributed by atoms with Crippen LogP contribution in [0, 0.1) is 5.82 Å². The molecule has 0 aliphatic rings. The molecule has 2 aromatic rings. The van der Waals surface area contributed by atoms with Gasteiger partial charge in [-0.25, -0.2) is 9.37 Å². The second-order valence-corrected chi connectivity index (χ2v) is 3.16. The van der Waals surface area contributed by atoms with Crippen molar-refractivity contribution in [1.82, 2.24) is 4.98 Å². The molecule has 1 aromatic carbocycles. The predicted octanol–water partition coefficient (Wildman–Crippen LogP) is 2.72. The molecule has 0 aliphatic heterocycles. The third kappa shape index (κ3) is 1.70. The average molecular weight is 213 g/mol. The van der Waals surface area contributed by atoms with E-state index in [1.54, 1.807) is 6.07 Å². The zero-order valence-corrected chi connectivity index (χ0v) is 7.75. The van der Waals surface area contributed by atoms with Gasteiger partial charge < -0.3 is 10.2 Å². The van der Waals surface area contributed by atoms with Gasteiger partial charge in [0.05, 0.1) is 6.20 Å². The SMILES string of the molecule is Nc1ncc(-c2cc(F)cc(Cl)c2)o1. The summed E-state index contributed by atoms with van der Waals surface area (Å²) in [7, 11) is 0. The molecule has 0 saturated heterocycles. The second kappa shape index (κ2) is 3.31. The van der Waals surface area contributed by atoms with Gasteiger partial charge in [0.2, 0.25) is 0 Å². The zero-order valence-electron chi connectivity index (χ0n) is 7.00. The lowest BCUT2D eigenvalue weighted by atomic mass is 10.2. The van der Waals surface area contributed by atoms with Crippen LogP contribution < -0.4 is 5.73 Å². The molecule has 14 heavy (non-hydrogen) atoms. The summed E-state index contributed by atoms with van der Waals surface area (Å²) in [5, 5.41) is 0.301. The Kier molecular flexibility index (Phi) is 2.13. The van der Waals surface area contributed by atoms with E-state index in [2.05, 4.69) is 4.98 Å². The molecule has 2 rings (SSSR count). The first-order chi connectivity index (χ1) is 6.65. The van der Waals surface area contributed by atoms with Gasteiger partial charge in [-0.2, -0.15) is 0 Å². The number of oxazole rings is 1. The highest BCUT2D eigenvalue weighted by molar-refractivity contribution is 6.30. The fourth-order valence-corrected chi connectivity index (χ4v) is 1.34. The maximum Gasteiger partial charge on any atom is 0.292 e. The first-order valence-electron chi connectivity index (χ1n) is 3.83. The number of aromatic nitrogens is 1. The summed E-state index contributed by atoms with van der Waals surface area (Å²) in [6.45, 7) is 0. The Hall–Kier alpha value is -1.55. The van der Waals surface area contributed by atoms with Crippen molar-refractivity contribution in [2.75, 3.05) is 5.73 Å². The fourth-order valence-electron chi connectivity index (χ4n) is 1.12. The van der Waals surface area contributed by atoms with E-state index in [4.69, 9.17) is 21.8 Å². The van der Waals surface area contributed by atoms with E-state index in [0.29, 0.717) is 16.3 Å². The van der Waals surface area contributed by atoms with Crippen molar-refractivity contribution in [3.63, 3.8) is 0 Å². The Labute approximate surface area is 84.3 Å². The lowest BCUT2D eigenvalue weighted by molar-refractivity contribution is 0.592. The highest BCUT2D eigenvalue weighted by atomic mass is 35.5. The molecule has 0 aliphatic carbocycles. The Morgan fingerprint density at radius 2 is 2.14 bits per heavy atom. The van der Waals surface area contributed by atoms with Gasteiger partial charge in [-0.05, 0) is 18.2 Å². The summed E-state index contributed by atoms with van der Waals surface area (Å²) in [5.74, 6) is -0.0358. The molecule has 0 bridgehead atoms. The number of nitrogens with zero attached hydrogens (tertiary/aromatic N) is 1. The lowest BCUT2D eigenvalue weighted by Gasteiger charge is -1.97. The summed E-state index contributed by atoms with van der Waals surface area (Å²) < 4.78 is 18.0. The van der Waals surface area contributed by atoms with Crippen LogP contribution in [0.5, 0.6) is 0 Å².